The van der Waals surface area contributed by atoms with Gasteiger partial charge in [-0.2, -0.15) is 5.10 Å². The Morgan fingerprint density at radius 3 is 2.90 bits per heavy atom. The molecule has 0 aliphatic carbocycles. The largest absolute Gasteiger partial charge is 0.493 e. The van der Waals surface area contributed by atoms with Crippen LogP contribution in [0, 0.1) is 0 Å². The van der Waals surface area contributed by atoms with Crippen molar-refractivity contribution in [3.63, 3.8) is 0 Å². The van der Waals surface area contributed by atoms with E-state index in [1.165, 1.54) is 6.20 Å². The van der Waals surface area contributed by atoms with Crippen LogP contribution in [0.2, 0.25) is 10.0 Å². The molecular weight excluding hydrogens is 297 g/mol. The maximum atomic E-state index is 5.98. The molecule has 0 saturated heterocycles. The van der Waals surface area contributed by atoms with Crippen molar-refractivity contribution in [1.29, 1.82) is 0 Å². The Hall–Kier alpha value is -1.78. The summed E-state index contributed by atoms with van der Waals surface area (Å²) < 4.78 is 5.50. The molecule has 0 amide bonds. The van der Waals surface area contributed by atoms with E-state index in [0.717, 1.165) is 11.3 Å². The van der Waals surface area contributed by atoms with Gasteiger partial charge in [0.1, 0.15) is 5.75 Å². The van der Waals surface area contributed by atoms with Crippen LogP contribution in [0.1, 0.15) is 12.5 Å². The lowest BCUT2D eigenvalue weighted by atomic mass is 10.2. The molecule has 2 rings (SSSR count). The zero-order valence-corrected chi connectivity index (χ0v) is 12.3. The Balaban J connectivity index is 2.10. The fourth-order valence-corrected chi connectivity index (χ4v) is 1.96. The number of hydrogen-bond donors (Lipinski definition) is 1. The van der Waals surface area contributed by atoms with Crippen molar-refractivity contribution in [3.05, 3.63) is 52.1 Å². The molecule has 0 fully saturated rings. The summed E-state index contributed by atoms with van der Waals surface area (Å²) in [4.78, 5) is 4.05. The first-order chi connectivity index (χ1) is 9.70. The lowest BCUT2D eigenvalue weighted by Gasteiger charge is -2.06. The number of rotatable bonds is 5. The predicted octanol–water partition coefficient (Wildman–Crippen LogP) is 4.23. The van der Waals surface area contributed by atoms with E-state index in [4.69, 9.17) is 27.9 Å². The molecular formula is C14H13Cl2N3O. The molecule has 1 aromatic carbocycles. The van der Waals surface area contributed by atoms with Crippen LogP contribution in [0.5, 0.6) is 5.75 Å². The first-order valence-electron chi connectivity index (χ1n) is 6.02. The quantitative estimate of drug-likeness (QED) is 0.664. The van der Waals surface area contributed by atoms with Crippen molar-refractivity contribution < 1.29 is 4.74 Å². The molecule has 1 aromatic heterocycles. The Bertz CT molecular complexity index is 617. The van der Waals surface area contributed by atoms with Crippen molar-refractivity contribution in [1.82, 2.24) is 4.98 Å². The maximum Gasteiger partial charge on any atom is 0.165 e. The fraction of sp³-hybridized carbons (Fsp3) is 0.143. The summed E-state index contributed by atoms with van der Waals surface area (Å²) in [6.45, 7) is 2.53. The molecule has 1 N–H and O–H groups in total. The number of nitrogens with zero attached hydrogens (tertiary/aromatic N) is 2. The lowest BCUT2D eigenvalue weighted by Crippen LogP contribution is -1.98. The third kappa shape index (κ3) is 3.85. The fourth-order valence-electron chi connectivity index (χ4n) is 1.53. The Morgan fingerprint density at radius 2 is 2.15 bits per heavy atom. The number of pyridine rings is 1. The van der Waals surface area contributed by atoms with Crippen molar-refractivity contribution in [3.8, 4) is 5.75 Å². The van der Waals surface area contributed by atoms with Crippen molar-refractivity contribution in [2.24, 2.45) is 5.10 Å². The molecule has 1 heterocycles. The highest BCUT2D eigenvalue weighted by molar-refractivity contribution is 6.35. The highest BCUT2D eigenvalue weighted by Crippen LogP contribution is 2.22. The molecule has 0 saturated carbocycles. The number of hydrogen-bond acceptors (Lipinski definition) is 4. The number of benzene rings is 1. The predicted molar refractivity (Wildman–Crippen MR) is 83.1 cm³/mol. The van der Waals surface area contributed by atoms with E-state index in [0.29, 0.717) is 22.5 Å². The van der Waals surface area contributed by atoms with Gasteiger partial charge in [0.25, 0.3) is 0 Å². The molecule has 6 heteroatoms. The summed E-state index contributed by atoms with van der Waals surface area (Å²) in [7, 11) is 0. The highest BCUT2D eigenvalue weighted by Gasteiger charge is 2.02. The van der Waals surface area contributed by atoms with Crippen LogP contribution in [0.4, 0.5) is 5.82 Å². The molecule has 0 unspecified atom stereocenters. The average Bonchev–Trinajstić information content (AvgIpc) is 2.43. The number of anilines is 1. The van der Waals surface area contributed by atoms with Gasteiger partial charge in [0.15, 0.2) is 5.82 Å². The average molecular weight is 310 g/mol. The molecule has 0 spiro atoms. The van der Waals surface area contributed by atoms with Crippen LogP contribution in [0.15, 0.2) is 41.6 Å². The van der Waals surface area contributed by atoms with Crippen molar-refractivity contribution >= 4 is 35.2 Å². The number of para-hydroxylation sites is 1. The standard InChI is InChI=1S/C14H13Cl2N3O/c1-2-20-13-6-4-3-5-10(13)8-18-19-14-12(16)7-11(15)9-17-14/h3-9H,2H2,1H3,(H,17,19)/b18-8+. The van der Waals surface area contributed by atoms with Crippen LogP contribution >= 0.6 is 23.2 Å². The van der Waals surface area contributed by atoms with E-state index in [-0.39, 0.29) is 0 Å². The minimum Gasteiger partial charge on any atom is -0.493 e. The topological polar surface area (TPSA) is 46.5 Å². The normalized spacial score (nSPS) is 10.8. The van der Waals surface area contributed by atoms with Gasteiger partial charge in [-0.25, -0.2) is 4.98 Å². The molecule has 20 heavy (non-hydrogen) atoms. The first-order valence-corrected chi connectivity index (χ1v) is 6.78. The smallest absolute Gasteiger partial charge is 0.165 e. The number of nitrogens with one attached hydrogen (secondary N) is 1. The lowest BCUT2D eigenvalue weighted by molar-refractivity contribution is 0.340. The van der Waals surface area contributed by atoms with E-state index in [9.17, 15) is 0 Å². The van der Waals surface area contributed by atoms with Crippen molar-refractivity contribution in [2.45, 2.75) is 6.92 Å². The summed E-state index contributed by atoms with van der Waals surface area (Å²) in [6.07, 6.45) is 3.15. The van der Waals surface area contributed by atoms with Crippen LogP contribution in [0.25, 0.3) is 0 Å². The van der Waals surface area contributed by atoms with Gasteiger partial charge >= 0.3 is 0 Å². The van der Waals surface area contributed by atoms with Crippen LogP contribution in [-0.2, 0) is 0 Å². The molecule has 0 atom stereocenters. The summed E-state index contributed by atoms with van der Waals surface area (Å²) >= 11 is 11.8. The second-order valence-electron chi connectivity index (χ2n) is 3.82. The van der Waals surface area contributed by atoms with Crippen LogP contribution in [-0.4, -0.2) is 17.8 Å². The van der Waals surface area contributed by atoms with Crippen LogP contribution in [0.3, 0.4) is 0 Å². The zero-order chi connectivity index (χ0) is 14.4. The Labute approximate surface area is 127 Å². The van der Waals surface area contributed by atoms with Gasteiger partial charge in [-0.1, -0.05) is 35.3 Å². The van der Waals surface area contributed by atoms with Gasteiger partial charge in [-0.05, 0) is 25.1 Å². The van der Waals surface area contributed by atoms with E-state index in [2.05, 4.69) is 15.5 Å². The van der Waals surface area contributed by atoms with Gasteiger partial charge in [-0.15, -0.1) is 0 Å². The van der Waals surface area contributed by atoms with Gasteiger partial charge in [0.05, 0.1) is 22.9 Å². The van der Waals surface area contributed by atoms with Crippen LogP contribution < -0.4 is 10.2 Å². The van der Waals surface area contributed by atoms with E-state index in [1.807, 2.05) is 31.2 Å². The molecule has 0 aliphatic rings. The van der Waals surface area contributed by atoms with E-state index < -0.39 is 0 Å². The molecule has 0 bridgehead atoms. The Morgan fingerprint density at radius 1 is 1.35 bits per heavy atom. The van der Waals surface area contributed by atoms with Crippen molar-refractivity contribution in [2.75, 3.05) is 12.0 Å². The van der Waals surface area contributed by atoms with Gasteiger partial charge in [0, 0.05) is 11.8 Å². The maximum absolute atomic E-state index is 5.98. The molecule has 4 nitrogen and oxygen atoms in total. The SMILES string of the molecule is CCOc1ccccc1/C=N/Nc1ncc(Cl)cc1Cl. The zero-order valence-electron chi connectivity index (χ0n) is 10.8. The summed E-state index contributed by atoms with van der Waals surface area (Å²) in [5.74, 6) is 1.22. The summed E-state index contributed by atoms with van der Waals surface area (Å²) in [6, 6.07) is 9.22. The second kappa shape index (κ2) is 7.12. The van der Waals surface area contributed by atoms with Gasteiger partial charge in [0.2, 0.25) is 0 Å². The first kappa shape index (κ1) is 14.6. The Kier molecular flexibility index (Phi) is 5.21. The molecule has 0 radical (unpaired) electrons. The molecule has 104 valence electrons. The molecule has 2 aromatic rings. The number of ether oxygens (including phenoxy) is 1. The van der Waals surface area contributed by atoms with Gasteiger partial charge in [-0.3, -0.25) is 5.43 Å². The van der Waals surface area contributed by atoms with E-state index in [1.54, 1.807) is 12.3 Å². The van der Waals surface area contributed by atoms with E-state index >= 15 is 0 Å². The second-order valence-corrected chi connectivity index (χ2v) is 4.67. The minimum absolute atomic E-state index is 0.410. The molecule has 0 aliphatic heterocycles. The number of hydrazone groups is 1. The third-order valence-corrected chi connectivity index (χ3v) is 2.90. The number of aromatic nitrogens is 1. The third-order valence-electron chi connectivity index (χ3n) is 2.40. The van der Waals surface area contributed by atoms with Gasteiger partial charge < -0.3 is 4.74 Å². The monoisotopic (exact) mass is 309 g/mol. The number of halogens is 2. The summed E-state index contributed by atoms with van der Waals surface area (Å²) in [5.41, 5.74) is 3.64. The minimum atomic E-state index is 0.410. The highest BCUT2D eigenvalue weighted by atomic mass is 35.5. The summed E-state index contributed by atoms with van der Waals surface area (Å²) in [5, 5.41) is 4.99.